The Balaban J connectivity index is 0.000000308. The van der Waals surface area contributed by atoms with Crippen molar-refractivity contribution in [3.8, 4) is 0 Å². The van der Waals surface area contributed by atoms with Gasteiger partial charge in [0.05, 0.1) is 5.52 Å². The van der Waals surface area contributed by atoms with E-state index >= 15 is 0 Å². The largest absolute Gasteiger partial charge is 0.356 e. The van der Waals surface area contributed by atoms with E-state index in [1.165, 1.54) is 11.6 Å². The molecular weight excluding hydrogens is 444 g/mol. The normalized spacial score (nSPS) is 10.9. The van der Waals surface area contributed by atoms with Gasteiger partial charge in [0.25, 0.3) is 5.91 Å². The Morgan fingerprint density at radius 3 is 2.43 bits per heavy atom. The molecule has 0 unspecified atom stereocenters. The van der Waals surface area contributed by atoms with Crippen LogP contribution in [0, 0.1) is 25.5 Å². The summed E-state index contributed by atoms with van der Waals surface area (Å²) in [5.74, 6) is -1.44. The second kappa shape index (κ2) is 10.6. The Morgan fingerprint density at radius 2 is 1.71 bits per heavy atom. The summed E-state index contributed by atoms with van der Waals surface area (Å²) in [6, 6.07) is 20.4. The summed E-state index contributed by atoms with van der Waals surface area (Å²) in [5, 5.41) is 4.35. The molecule has 180 valence electrons. The van der Waals surface area contributed by atoms with Gasteiger partial charge in [0.1, 0.15) is 17.3 Å². The molecule has 0 aliphatic carbocycles. The van der Waals surface area contributed by atoms with Gasteiger partial charge in [-0.15, -0.1) is 0 Å². The fourth-order valence-electron chi connectivity index (χ4n) is 4.20. The first kappa shape index (κ1) is 24.2. The number of aryl methyl sites for hydroxylation is 3. The Hall–Kier alpha value is -3.93. The highest BCUT2D eigenvalue weighted by atomic mass is 19.1. The zero-order valence-electron chi connectivity index (χ0n) is 20.1. The van der Waals surface area contributed by atoms with Crippen LogP contribution in [-0.4, -0.2) is 22.4 Å². The molecule has 0 bridgehead atoms. The fraction of sp³-hybridized carbons (Fsp3) is 0.207. The highest BCUT2D eigenvalue weighted by molar-refractivity contribution is 5.98. The van der Waals surface area contributed by atoms with Gasteiger partial charge in [0.2, 0.25) is 0 Å². The van der Waals surface area contributed by atoms with Crippen LogP contribution in [-0.2, 0) is 12.8 Å². The molecule has 2 heterocycles. The molecule has 35 heavy (non-hydrogen) atoms. The summed E-state index contributed by atoms with van der Waals surface area (Å²) in [5.41, 5.74) is 5.79. The number of hydrogen-bond acceptors (Lipinski definition) is 1. The monoisotopic (exact) mass is 473 g/mol. The Labute approximate surface area is 203 Å². The number of H-pyrrole nitrogens is 2. The quantitative estimate of drug-likeness (QED) is 0.259. The molecule has 0 radical (unpaired) electrons. The van der Waals surface area contributed by atoms with E-state index in [1.54, 1.807) is 0 Å². The van der Waals surface area contributed by atoms with Gasteiger partial charge in [0, 0.05) is 34.6 Å². The first-order valence-electron chi connectivity index (χ1n) is 11.7. The van der Waals surface area contributed by atoms with Gasteiger partial charge < -0.3 is 15.3 Å². The standard InChI is InChI=1S/C21H19F2N3O.C8H10/c1-11-3-4-13-8-19(26-18(13)7-11)21(27)24-6-5-15-12(2)25-20-16(15)9-14(22)10-17(20)23;1-2-8-6-4-3-5-7-8/h3-4,7-10,25-26H,5-6H2,1-2H3,(H,24,27);3-7H,2H2,1H3. The maximum absolute atomic E-state index is 13.9. The average Bonchev–Trinajstić information content (AvgIpc) is 3.41. The number of hydrogen-bond donors (Lipinski definition) is 3. The van der Waals surface area contributed by atoms with Crippen molar-refractivity contribution >= 4 is 27.7 Å². The Morgan fingerprint density at radius 1 is 0.943 bits per heavy atom. The first-order valence-corrected chi connectivity index (χ1v) is 11.7. The topological polar surface area (TPSA) is 60.7 Å². The molecular formula is C29H29F2N3O. The van der Waals surface area contributed by atoms with Crippen LogP contribution in [0.15, 0.2) is 66.7 Å². The summed E-state index contributed by atoms with van der Waals surface area (Å²) in [6.45, 7) is 6.33. The van der Waals surface area contributed by atoms with Crippen LogP contribution < -0.4 is 5.32 Å². The molecule has 3 N–H and O–H groups in total. The summed E-state index contributed by atoms with van der Waals surface area (Å²) >= 11 is 0. The molecule has 0 saturated carbocycles. The summed E-state index contributed by atoms with van der Waals surface area (Å²) in [6.07, 6.45) is 1.61. The van der Waals surface area contributed by atoms with Crippen molar-refractivity contribution in [1.82, 2.24) is 15.3 Å². The van der Waals surface area contributed by atoms with Crippen molar-refractivity contribution in [2.75, 3.05) is 6.54 Å². The molecule has 3 aromatic carbocycles. The molecule has 2 aromatic heterocycles. The number of halogens is 2. The lowest BCUT2D eigenvalue weighted by Gasteiger charge is -2.05. The number of rotatable bonds is 5. The van der Waals surface area contributed by atoms with Crippen molar-refractivity contribution < 1.29 is 13.6 Å². The minimum absolute atomic E-state index is 0.210. The number of aromatic amines is 2. The lowest BCUT2D eigenvalue weighted by Crippen LogP contribution is -2.26. The zero-order valence-corrected chi connectivity index (χ0v) is 20.1. The van der Waals surface area contributed by atoms with Crippen LogP contribution in [0.5, 0.6) is 0 Å². The third-order valence-electron chi connectivity index (χ3n) is 6.08. The van der Waals surface area contributed by atoms with Crippen LogP contribution in [0.1, 0.15) is 39.8 Å². The van der Waals surface area contributed by atoms with Crippen molar-refractivity contribution in [2.24, 2.45) is 0 Å². The van der Waals surface area contributed by atoms with Gasteiger partial charge in [-0.25, -0.2) is 8.78 Å². The third-order valence-corrected chi connectivity index (χ3v) is 6.08. The smallest absolute Gasteiger partial charge is 0.267 e. The number of aromatic nitrogens is 2. The summed E-state index contributed by atoms with van der Waals surface area (Å²) in [4.78, 5) is 18.5. The maximum atomic E-state index is 13.9. The van der Waals surface area contributed by atoms with E-state index in [0.29, 0.717) is 29.6 Å². The van der Waals surface area contributed by atoms with Crippen molar-refractivity contribution in [3.63, 3.8) is 0 Å². The summed E-state index contributed by atoms with van der Waals surface area (Å²) in [7, 11) is 0. The Bertz CT molecular complexity index is 1470. The molecule has 4 nitrogen and oxygen atoms in total. The van der Waals surface area contributed by atoms with Crippen molar-refractivity contribution in [2.45, 2.75) is 33.6 Å². The molecule has 0 fully saturated rings. The van der Waals surface area contributed by atoms with Gasteiger partial charge in [-0.1, -0.05) is 49.4 Å². The minimum atomic E-state index is -0.614. The average molecular weight is 474 g/mol. The molecule has 5 aromatic rings. The number of nitrogens with one attached hydrogen (secondary N) is 3. The van der Waals surface area contributed by atoms with Gasteiger partial charge >= 0.3 is 0 Å². The molecule has 0 aliphatic heterocycles. The maximum Gasteiger partial charge on any atom is 0.267 e. The summed E-state index contributed by atoms with van der Waals surface area (Å²) < 4.78 is 27.5. The van der Waals surface area contributed by atoms with E-state index in [1.807, 2.05) is 44.2 Å². The van der Waals surface area contributed by atoms with E-state index < -0.39 is 11.6 Å². The van der Waals surface area contributed by atoms with Crippen LogP contribution in [0.3, 0.4) is 0 Å². The molecule has 0 spiro atoms. The van der Waals surface area contributed by atoms with E-state index in [0.717, 1.165) is 40.2 Å². The number of carbonyl (C=O) groups is 1. The van der Waals surface area contributed by atoms with E-state index in [2.05, 4.69) is 46.5 Å². The van der Waals surface area contributed by atoms with Crippen LogP contribution in [0.4, 0.5) is 8.78 Å². The van der Waals surface area contributed by atoms with Gasteiger partial charge in [0.15, 0.2) is 0 Å². The number of amides is 1. The SMILES string of the molecule is CCc1ccccc1.Cc1ccc2cc(C(=O)NCCc3c(C)[nH]c4c(F)cc(F)cc34)[nH]c2c1. The van der Waals surface area contributed by atoms with Crippen molar-refractivity contribution in [3.05, 3.63) is 106 Å². The van der Waals surface area contributed by atoms with E-state index in [-0.39, 0.29) is 5.91 Å². The van der Waals surface area contributed by atoms with E-state index in [4.69, 9.17) is 0 Å². The zero-order chi connectivity index (χ0) is 24.9. The number of fused-ring (bicyclic) bond motifs is 2. The lowest BCUT2D eigenvalue weighted by atomic mass is 10.1. The fourth-order valence-corrected chi connectivity index (χ4v) is 4.20. The van der Waals surface area contributed by atoms with Crippen LogP contribution in [0.2, 0.25) is 0 Å². The molecule has 0 saturated heterocycles. The van der Waals surface area contributed by atoms with Crippen molar-refractivity contribution in [1.29, 1.82) is 0 Å². The second-order valence-electron chi connectivity index (χ2n) is 8.66. The molecule has 5 rings (SSSR count). The first-order chi connectivity index (χ1) is 16.9. The number of carbonyl (C=O) groups excluding carboxylic acids is 1. The molecule has 1 amide bonds. The van der Waals surface area contributed by atoms with E-state index in [9.17, 15) is 13.6 Å². The van der Waals surface area contributed by atoms with Gasteiger partial charge in [-0.2, -0.15) is 0 Å². The predicted octanol–water partition coefficient (Wildman–Crippen LogP) is 6.77. The molecule has 0 atom stereocenters. The van der Waals surface area contributed by atoms with Gasteiger partial charge in [-0.05, 0) is 61.6 Å². The highest BCUT2D eigenvalue weighted by Crippen LogP contribution is 2.26. The highest BCUT2D eigenvalue weighted by Gasteiger charge is 2.14. The third kappa shape index (κ3) is 5.60. The Kier molecular flexibility index (Phi) is 7.30. The lowest BCUT2D eigenvalue weighted by molar-refractivity contribution is 0.0950. The minimum Gasteiger partial charge on any atom is -0.356 e. The van der Waals surface area contributed by atoms with Crippen LogP contribution >= 0.6 is 0 Å². The van der Waals surface area contributed by atoms with Crippen LogP contribution in [0.25, 0.3) is 21.8 Å². The molecule has 0 aliphatic rings. The van der Waals surface area contributed by atoms with Gasteiger partial charge in [-0.3, -0.25) is 4.79 Å². The predicted molar refractivity (Wildman–Crippen MR) is 138 cm³/mol. The molecule has 6 heteroatoms. The second-order valence-corrected chi connectivity index (χ2v) is 8.66. The number of benzene rings is 3.